The zero-order valence-corrected chi connectivity index (χ0v) is 12.1. The summed E-state index contributed by atoms with van der Waals surface area (Å²) in [6.07, 6.45) is -0.100. The second-order valence-electron chi connectivity index (χ2n) is 4.70. The van der Waals surface area contributed by atoms with E-state index in [1.165, 1.54) is 11.3 Å². The minimum atomic E-state index is -2.59. The van der Waals surface area contributed by atoms with Crippen molar-refractivity contribution < 1.29 is 13.6 Å². The number of amides is 1. The van der Waals surface area contributed by atoms with Gasteiger partial charge in [0.2, 0.25) is 0 Å². The lowest BCUT2D eigenvalue weighted by molar-refractivity contribution is 0.0124. The molecule has 2 rings (SSSR count). The van der Waals surface area contributed by atoms with Crippen LogP contribution in [0.15, 0.2) is 5.38 Å². The predicted octanol–water partition coefficient (Wildman–Crippen LogP) is 2.78. The molecule has 0 aliphatic carbocycles. The van der Waals surface area contributed by atoms with Crippen LogP contribution in [0, 0.1) is 6.92 Å². The van der Waals surface area contributed by atoms with E-state index in [1.54, 1.807) is 4.90 Å². The molecule has 2 heterocycles. The van der Waals surface area contributed by atoms with Crippen molar-refractivity contribution in [3.8, 4) is 0 Å². The van der Waals surface area contributed by atoms with Gasteiger partial charge < -0.3 is 5.32 Å². The lowest BCUT2D eigenvalue weighted by Gasteiger charge is -2.15. The van der Waals surface area contributed by atoms with E-state index < -0.39 is 5.92 Å². The molecular formula is C12H15ClF2N2OS. The fourth-order valence-electron chi connectivity index (χ4n) is 1.99. The standard InChI is InChI=1S/C12H15ClF2N2OS/c1-8-6-19-10(9(8)13)11(18)16-3-5-17-4-2-12(14,15)7-17/h6H,2-5,7H2,1H3,(H,16,18). The van der Waals surface area contributed by atoms with Crippen molar-refractivity contribution in [2.24, 2.45) is 0 Å². The van der Waals surface area contributed by atoms with Crippen LogP contribution < -0.4 is 5.32 Å². The summed E-state index contributed by atoms with van der Waals surface area (Å²) in [5.74, 6) is -2.83. The van der Waals surface area contributed by atoms with E-state index in [4.69, 9.17) is 11.6 Å². The molecule has 1 aromatic heterocycles. The van der Waals surface area contributed by atoms with E-state index in [0.29, 0.717) is 29.5 Å². The Bertz CT molecular complexity index is 478. The van der Waals surface area contributed by atoms with Crippen molar-refractivity contribution in [2.45, 2.75) is 19.3 Å². The molecule has 0 aromatic carbocycles. The molecule has 1 amide bonds. The molecule has 1 N–H and O–H groups in total. The van der Waals surface area contributed by atoms with Crippen molar-refractivity contribution in [1.82, 2.24) is 10.2 Å². The number of carbonyl (C=O) groups excluding carboxylic acids is 1. The topological polar surface area (TPSA) is 32.3 Å². The summed E-state index contributed by atoms with van der Waals surface area (Å²) in [5, 5.41) is 4.99. The van der Waals surface area contributed by atoms with Gasteiger partial charge in [-0.2, -0.15) is 0 Å². The molecule has 0 unspecified atom stereocenters. The monoisotopic (exact) mass is 308 g/mol. The SMILES string of the molecule is Cc1csc(C(=O)NCCN2CCC(F)(F)C2)c1Cl. The molecule has 0 saturated carbocycles. The summed E-state index contributed by atoms with van der Waals surface area (Å²) in [6.45, 7) is 2.77. The molecule has 3 nitrogen and oxygen atoms in total. The maximum atomic E-state index is 13.0. The largest absolute Gasteiger partial charge is 0.350 e. The highest BCUT2D eigenvalue weighted by molar-refractivity contribution is 7.13. The number of likely N-dealkylation sites (tertiary alicyclic amines) is 1. The molecule has 19 heavy (non-hydrogen) atoms. The Morgan fingerprint density at radius 2 is 2.37 bits per heavy atom. The number of rotatable bonds is 4. The Morgan fingerprint density at radius 1 is 1.63 bits per heavy atom. The highest BCUT2D eigenvalue weighted by Crippen LogP contribution is 2.27. The minimum Gasteiger partial charge on any atom is -0.350 e. The summed E-state index contributed by atoms with van der Waals surface area (Å²) in [5.41, 5.74) is 0.871. The quantitative estimate of drug-likeness (QED) is 0.927. The van der Waals surface area contributed by atoms with Gasteiger partial charge in [0, 0.05) is 26.1 Å². The van der Waals surface area contributed by atoms with E-state index in [1.807, 2.05) is 12.3 Å². The summed E-state index contributed by atoms with van der Waals surface area (Å²) in [4.78, 5) is 14.0. The zero-order valence-electron chi connectivity index (χ0n) is 10.5. The number of halogens is 3. The fraction of sp³-hybridized carbons (Fsp3) is 0.583. The first kappa shape index (κ1) is 14.7. The zero-order chi connectivity index (χ0) is 14.0. The Morgan fingerprint density at radius 3 is 2.89 bits per heavy atom. The number of aryl methyl sites for hydroxylation is 1. The van der Waals surface area contributed by atoms with Crippen LogP contribution in [-0.4, -0.2) is 42.9 Å². The number of nitrogens with zero attached hydrogens (tertiary/aromatic N) is 1. The van der Waals surface area contributed by atoms with E-state index >= 15 is 0 Å². The molecule has 1 fully saturated rings. The third kappa shape index (κ3) is 3.64. The lowest BCUT2D eigenvalue weighted by Crippen LogP contribution is -2.34. The van der Waals surface area contributed by atoms with Crippen LogP contribution in [0.1, 0.15) is 21.7 Å². The summed E-state index contributed by atoms with van der Waals surface area (Å²) < 4.78 is 25.9. The Hall–Kier alpha value is -0.720. The van der Waals surface area contributed by atoms with Gasteiger partial charge >= 0.3 is 0 Å². The molecule has 1 aliphatic heterocycles. The molecule has 0 atom stereocenters. The summed E-state index contributed by atoms with van der Waals surface area (Å²) in [7, 11) is 0. The molecule has 0 radical (unpaired) electrons. The van der Waals surface area contributed by atoms with Gasteiger partial charge in [-0.1, -0.05) is 11.6 Å². The number of hydrogen-bond donors (Lipinski definition) is 1. The first-order chi connectivity index (χ1) is 8.89. The van der Waals surface area contributed by atoms with Crippen LogP contribution in [0.2, 0.25) is 5.02 Å². The molecule has 1 aliphatic rings. The lowest BCUT2D eigenvalue weighted by atomic mass is 10.3. The molecule has 1 saturated heterocycles. The van der Waals surface area contributed by atoms with Crippen LogP contribution >= 0.6 is 22.9 Å². The second kappa shape index (κ2) is 5.73. The summed E-state index contributed by atoms with van der Waals surface area (Å²) >= 11 is 7.28. The third-order valence-electron chi connectivity index (χ3n) is 3.07. The number of carbonyl (C=O) groups is 1. The average Bonchev–Trinajstić information content (AvgIpc) is 2.84. The maximum Gasteiger partial charge on any atom is 0.262 e. The number of alkyl halides is 2. The Balaban J connectivity index is 1.77. The summed E-state index contributed by atoms with van der Waals surface area (Å²) in [6, 6.07) is 0. The van der Waals surface area contributed by atoms with Gasteiger partial charge in [0.1, 0.15) is 4.88 Å². The van der Waals surface area contributed by atoms with Gasteiger partial charge in [-0.3, -0.25) is 9.69 Å². The minimum absolute atomic E-state index is 0.100. The van der Waals surface area contributed by atoms with Crippen molar-refractivity contribution in [3.63, 3.8) is 0 Å². The molecular weight excluding hydrogens is 294 g/mol. The van der Waals surface area contributed by atoms with Gasteiger partial charge in [0.05, 0.1) is 11.6 Å². The number of nitrogens with one attached hydrogen (secondary N) is 1. The van der Waals surface area contributed by atoms with Crippen molar-refractivity contribution in [3.05, 3.63) is 20.8 Å². The van der Waals surface area contributed by atoms with Crippen LogP contribution in [-0.2, 0) is 0 Å². The first-order valence-corrected chi connectivity index (χ1v) is 7.27. The normalized spacial score (nSPS) is 18.7. The maximum absolute atomic E-state index is 13.0. The average molecular weight is 309 g/mol. The van der Waals surface area contributed by atoms with E-state index in [0.717, 1.165) is 5.56 Å². The predicted molar refractivity (Wildman–Crippen MR) is 72.4 cm³/mol. The van der Waals surface area contributed by atoms with Crippen LogP contribution in [0.3, 0.4) is 0 Å². The van der Waals surface area contributed by atoms with Crippen molar-refractivity contribution in [1.29, 1.82) is 0 Å². The van der Waals surface area contributed by atoms with Crippen molar-refractivity contribution in [2.75, 3.05) is 26.2 Å². The first-order valence-electron chi connectivity index (χ1n) is 6.01. The molecule has 0 spiro atoms. The highest BCUT2D eigenvalue weighted by Gasteiger charge is 2.37. The van der Waals surface area contributed by atoms with E-state index in [-0.39, 0.29) is 18.9 Å². The molecule has 7 heteroatoms. The van der Waals surface area contributed by atoms with Crippen LogP contribution in [0.4, 0.5) is 8.78 Å². The van der Waals surface area contributed by atoms with Gasteiger partial charge in [0.25, 0.3) is 11.8 Å². The third-order valence-corrected chi connectivity index (χ3v) is 4.76. The Labute approximate surface area is 119 Å². The van der Waals surface area contributed by atoms with Crippen LogP contribution in [0.5, 0.6) is 0 Å². The van der Waals surface area contributed by atoms with Gasteiger partial charge in [-0.25, -0.2) is 8.78 Å². The van der Waals surface area contributed by atoms with Gasteiger partial charge in [0.15, 0.2) is 0 Å². The van der Waals surface area contributed by atoms with Crippen molar-refractivity contribution >= 4 is 28.8 Å². The van der Waals surface area contributed by atoms with Gasteiger partial charge in [-0.05, 0) is 17.9 Å². The van der Waals surface area contributed by atoms with E-state index in [2.05, 4.69) is 5.32 Å². The molecule has 1 aromatic rings. The second-order valence-corrected chi connectivity index (χ2v) is 5.96. The highest BCUT2D eigenvalue weighted by atomic mass is 35.5. The fourth-order valence-corrected chi connectivity index (χ4v) is 3.18. The van der Waals surface area contributed by atoms with Crippen LogP contribution in [0.25, 0.3) is 0 Å². The van der Waals surface area contributed by atoms with Gasteiger partial charge in [-0.15, -0.1) is 11.3 Å². The number of thiophene rings is 1. The molecule has 0 bridgehead atoms. The smallest absolute Gasteiger partial charge is 0.262 e. The number of hydrogen-bond acceptors (Lipinski definition) is 3. The Kier molecular flexibility index (Phi) is 4.43. The van der Waals surface area contributed by atoms with E-state index in [9.17, 15) is 13.6 Å². The molecule has 106 valence electrons.